The standard InChI is InChI=1S/C40H46N8O6/c1-53-39(51)45-33(27-15-16-27)37(49)47-19-3-5-31(47)35-41-21-29(43-35)25-11-7-23(8-12-25)24-9-13-26(14-10-24)30-22-42-36(44-30)32-6-4-20-48(32)38(50)34(28-17-18-28)46-40(52)54-2/h7-14,21-22,27-28,31-34H,3-6,15-20H2,1-2H3,(H,41,43)(H,42,44)(H,45,51)(H,46,52)/t31-,32-,33-,34-/m0/s1. The Labute approximate surface area is 313 Å². The molecule has 0 bridgehead atoms. The van der Waals surface area contributed by atoms with Gasteiger partial charge >= 0.3 is 12.2 Å². The van der Waals surface area contributed by atoms with Crippen molar-refractivity contribution in [3.8, 4) is 33.6 Å². The van der Waals surface area contributed by atoms with Crippen molar-refractivity contribution < 1.29 is 28.7 Å². The van der Waals surface area contributed by atoms with Crippen molar-refractivity contribution >= 4 is 24.0 Å². The molecule has 54 heavy (non-hydrogen) atoms. The fourth-order valence-corrected chi connectivity index (χ4v) is 7.97. The summed E-state index contributed by atoms with van der Waals surface area (Å²) in [6, 6.07) is 15.1. The van der Waals surface area contributed by atoms with Crippen molar-refractivity contribution in [2.45, 2.75) is 75.5 Å². The summed E-state index contributed by atoms with van der Waals surface area (Å²) in [6.45, 7) is 1.25. The minimum absolute atomic E-state index is 0.0766. The van der Waals surface area contributed by atoms with E-state index in [2.05, 4.69) is 79.1 Å². The fraction of sp³-hybridized carbons (Fsp3) is 0.450. The number of methoxy groups -OCH3 is 2. The van der Waals surface area contributed by atoms with Crippen LogP contribution in [-0.2, 0) is 19.1 Å². The van der Waals surface area contributed by atoms with E-state index in [1.54, 1.807) is 0 Å². The molecule has 0 unspecified atom stereocenters. The zero-order valence-electron chi connectivity index (χ0n) is 30.5. The molecule has 8 rings (SSSR count). The Morgan fingerprint density at radius 2 is 0.981 bits per heavy atom. The number of alkyl carbamates (subject to hydrolysis) is 2. The van der Waals surface area contributed by atoms with Gasteiger partial charge in [-0.2, -0.15) is 0 Å². The van der Waals surface area contributed by atoms with Gasteiger partial charge in [-0.25, -0.2) is 19.6 Å². The topological polar surface area (TPSA) is 175 Å². The van der Waals surface area contributed by atoms with Gasteiger partial charge in [0.15, 0.2) is 0 Å². The Morgan fingerprint density at radius 1 is 0.611 bits per heavy atom. The van der Waals surface area contributed by atoms with Crippen LogP contribution >= 0.6 is 0 Å². The number of carbonyl (C=O) groups excluding carboxylic acids is 4. The molecule has 282 valence electrons. The normalized spacial score (nSPS) is 20.7. The summed E-state index contributed by atoms with van der Waals surface area (Å²) >= 11 is 0. The highest BCUT2D eigenvalue weighted by Gasteiger charge is 2.44. The van der Waals surface area contributed by atoms with E-state index in [1.165, 1.54) is 14.2 Å². The highest BCUT2D eigenvalue weighted by Crippen LogP contribution is 2.39. The SMILES string of the molecule is COC(=O)N[C@H](C(=O)N1CCC[C@H]1c1ncc(-c2ccc(-c3ccc(-c4cnc([C@@H]5CCCN5C(=O)[C@@H](NC(=O)OC)C5CC5)[nH]4)cc3)cc2)[nH]1)C1CC1. The van der Waals surface area contributed by atoms with Crippen LogP contribution in [-0.4, -0.2) is 93.1 Å². The van der Waals surface area contributed by atoms with Gasteiger partial charge in [-0.05, 0) is 85.5 Å². The number of nitrogens with zero attached hydrogens (tertiary/aromatic N) is 4. The largest absolute Gasteiger partial charge is 0.453 e. The molecule has 4 fully saturated rings. The quantitative estimate of drug-likeness (QED) is 0.151. The smallest absolute Gasteiger partial charge is 0.407 e. The fourth-order valence-electron chi connectivity index (χ4n) is 7.97. The van der Waals surface area contributed by atoms with Crippen LogP contribution in [0.4, 0.5) is 9.59 Å². The first kappa shape index (κ1) is 35.4. The molecule has 4 atom stereocenters. The summed E-state index contributed by atoms with van der Waals surface area (Å²) in [6.07, 6.45) is 9.48. The lowest BCUT2D eigenvalue weighted by molar-refractivity contribution is -0.135. The lowest BCUT2D eigenvalue weighted by atomic mass is 10.0. The second-order valence-corrected chi connectivity index (χ2v) is 14.8. The van der Waals surface area contributed by atoms with Gasteiger partial charge in [0.05, 0.1) is 50.1 Å². The van der Waals surface area contributed by atoms with E-state index in [1.807, 2.05) is 22.2 Å². The van der Waals surface area contributed by atoms with Gasteiger partial charge in [0.2, 0.25) is 11.8 Å². The zero-order valence-corrected chi connectivity index (χ0v) is 30.5. The average Bonchev–Trinajstić information content (AvgIpc) is 3.92. The van der Waals surface area contributed by atoms with E-state index in [0.29, 0.717) is 13.1 Å². The van der Waals surface area contributed by atoms with Crippen molar-refractivity contribution in [1.29, 1.82) is 0 Å². The third-order valence-electron chi connectivity index (χ3n) is 11.3. The summed E-state index contributed by atoms with van der Waals surface area (Å²) in [5.41, 5.74) is 5.86. The van der Waals surface area contributed by atoms with Gasteiger partial charge in [-0.3, -0.25) is 9.59 Å². The molecule has 2 aliphatic heterocycles. The number of benzene rings is 2. The van der Waals surface area contributed by atoms with E-state index < -0.39 is 24.3 Å². The molecule has 4 aromatic rings. The molecule has 2 aromatic heterocycles. The molecule has 2 saturated heterocycles. The molecule has 0 radical (unpaired) electrons. The van der Waals surface area contributed by atoms with Gasteiger partial charge in [-0.1, -0.05) is 48.5 Å². The van der Waals surface area contributed by atoms with E-state index in [4.69, 9.17) is 9.47 Å². The molecular weight excluding hydrogens is 688 g/mol. The summed E-state index contributed by atoms with van der Waals surface area (Å²) in [5.74, 6) is 1.63. The number of amides is 4. The Balaban J connectivity index is 0.911. The van der Waals surface area contributed by atoms with E-state index in [9.17, 15) is 19.2 Å². The van der Waals surface area contributed by atoms with Gasteiger partial charge in [0.1, 0.15) is 23.7 Å². The van der Waals surface area contributed by atoms with Crippen molar-refractivity contribution in [3.63, 3.8) is 0 Å². The van der Waals surface area contributed by atoms with E-state index >= 15 is 0 Å². The number of hydrogen-bond donors (Lipinski definition) is 4. The molecule has 4 heterocycles. The monoisotopic (exact) mass is 734 g/mol. The van der Waals surface area contributed by atoms with Gasteiger partial charge in [0.25, 0.3) is 0 Å². The first-order valence-electron chi connectivity index (χ1n) is 18.9. The minimum Gasteiger partial charge on any atom is -0.453 e. The van der Waals surface area contributed by atoms with Crippen LogP contribution in [0.1, 0.15) is 75.1 Å². The molecule has 14 nitrogen and oxygen atoms in total. The van der Waals surface area contributed by atoms with Crippen LogP contribution in [0.15, 0.2) is 60.9 Å². The number of aromatic nitrogens is 4. The molecule has 14 heteroatoms. The van der Waals surface area contributed by atoms with Crippen LogP contribution in [0.2, 0.25) is 0 Å². The summed E-state index contributed by atoms with van der Waals surface area (Å²) in [4.78, 5) is 71.0. The lowest BCUT2D eigenvalue weighted by Crippen LogP contribution is -2.49. The number of rotatable bonds is 11. The number of carbonyl (C=O) groups is 4. The maximum atomic E-state index is 13.6. The van der Waals surface area contributed by atoms with Crippen LogP contribution in [0.3, 0.4) is 0 Å². The van der Waals surface area contributed by atoms with Crippen LogP contribution in [0.5, 0.6) is 0 Å². The summed E-state index contributed by atoms with van der Waals surface area (Å²) in [7, 11) is 2.62. The molecule has 4 aliphatic rings. The third kappa shape index (κ3) is 7.29. The molecule has 2 saturated carbocycles. The Bertz CT molecular complexity index is 1860. The highest BCUT2D eigenvalue weighted by atomic mass is 16.5. The Morgan fingerprint density at radius 3 is 1.33 bits per heavy atom. The maximum absolute atomic E-state index is 13.6. The van der Waals surface area contributed by atoms with E-state index in [-0.39, 0.29) is 35.7 Å². The van der Waals surface area contributed by atoms with Gasteiger partial charge < -0.3 is 39.9 Å². The van der Waals surface area contributed by atoms with Gasteiger partial charge in [0, 0.05) is 13.1 Å². The van der Waals surface area contributed by atoms with Crippen LogP contribution in [0.25, 0.3) is 33.6 Å². The lowest BCUT2D eigenvalue weighted by Gasteiger charge is -2.28. The molecule has 2 aromatic carbocycles. The first-order valence-corrected chi connectivity index (χ1v) is 18.9. The number of H-pyrrole nitrogens is 2. The van der Waals surface area contributed by atoms with Crippen molar-refractivity contribution in [3.05, 3.63) is 72.6 Å². The maximum Gasteiger partial charge on any atom is 0.407 e. The second kappa shape index (κ2) is 15.0. The predicted molar refractivity (Wildman–Crippen MR) is 199 cm³/mol. The third-order valence-corrected chi connectivity index (χ3v) is 11.3. The first-order chi connectivity index (χ1) is 26.3. The number of aromatic amines is 2. The number of ether oxygens (including phenoxy) is 2. The Hall–Kier alpha value is -5.66. The molecule has 0 spiro atoms. The Kier molecular flexibility index (Phi) is 9.82. The zero-order chi connectivity index (χ0) is 37.3. The molecular formula is C40H46N8O6. The summed E-state index contributed by atoms with van der Waals surface area (Å²) in [5, 5.41) is 5.51. The van der Waals surface area contributed by atoms with Gasteiger partial charge in [-0.15, -0.1) is 0 Å². The molecule has 4 N–H and O–H groups in total. The van der Waals surface area contributed by atoms with Crippen LogP contribution < -0.4 is 10.6 Å². The molecule has 4 amide bonds. The summed E-state index contributed by atoms with van der Waals surface area (Å²) < 4.78 is 9.56. The number of imidazole rings is 2. The van der Waals surface area contributed by atoms with Crippen LogP contribution in [0, 0.1) is 11.8 Å². The second-order valence-electron chi connectivity index (χ2n) is 14.8. The number of likely N-dealkylation sites (tertiary alicyclic amines) is 2. The van der Waals surface area contributed by atoms with Crippen molar-refractivity contribution in [2.75, 3.05) is 27.3 Å². The average molecular weight is 735 g/mol. The number of nitrogens with one attached hydrogen (secondary N) is 4. The van der Waals surface area contributed by atoms with Crippen molar-refractivity contribution in [1.82, 2.24) is 40.4 Å². The highest BCUT2D eigenvalue weighted by molar-refractivity contribution is 5.87. The van der Waals surface area contributed by atoms with E-state index in [0.717, 1.165) is 96.7 Å². The molecule has 2 aliphatic carbocycles. The number of hydrogen-bond acceptors (Lipinski definition) is 8. The predicted octanol–water partition coefficient (Wildman–Crippen LogP) is 5.73. The van der Waals surface area contributed by atoms with Crippen molar-refractivity contribution in [2.24, 2.45) is 11.8 Å². The minimum atomic E-state index is -0.584.